The maximum Gasteiger partial charge on any atom is 0.209 e. The molecule has 0 radical (unpaired) electrons. The minimum Gasteiger partial charge on any atom is -0.330 e. The maximum absolute atomic E-state index is 11.2. The summed E-state index contributed by atoms with van der Waals surface area (Å²) in [5.41, 5.74) is 5.25. The van der Waals surface area contributed by atoms with E-state index in [1.165, 1.54) is 19.1 Å². The molecule has 0 bridgehead atoms. The zero-order valence-corrected chi connectivity index (χ0v) is 11.8. The van der Waals surface area contributed by atoms with Gasteiger partial charge >= 0.3 is 0 Å². The van der Waals surface area contributed by atoms with Crippen LogP contribution in [-0.2, 0) is 10.0 Å². The monoisotopic (exact) mass is 263 g/mol. The molecule has 0 heterocycles. The second kappa shape index (κ2) is 5.65. The molecule has 6 heteroatoms. The Balaban J connectivity index is 2.44. The van der Waals surface area contributed by atoms with Gasteiger partial charge in [-0.15, -0.1) is 0 Å². The molecule has 1 aliphatic carbocycles. The second-order valence-corrected chi connectivity index (χ2v) is 7.42. The molecule has 1 aliphatic rings. The van der Waals surface area contributed by atoms with E-state index in [4.69, 9.17) is 5.73 Å². The van der Waals surface area contributed by atoms with Crippen LogP contribution in [0.2, 0.25) is 0 Å². The Morgan fingerprint density at radius 3 is 2.53 bits per heavy atom. The Hall–Kier alpha value is -0.170. The summed E-state index contributed by atoms with van der Waals surface area (Å²) >= 11 is 0. The molecule has 1 rings (SSSR count). The van der Waals surface area contributed by atoms with Crippen molar-refractivity contribution in [2.75, 3.05) is 19.3 Å². The third-order valence-electron chi connectivity index (χ3n) is 3.23. The molecule has 102 valence electrons. The van der Waals surface area contributed by atoms with Gasteiger partial charge in [-0.1, -0.05) is 6.42 Å². The third kappa shape index (κ3) is 5.33. The van der Waals surface area contributed by atoms with E-state index in [0.29, 0.717) is 25.0 Å². The molecule has 0 aromatic carbocycles. The molecule has 0 aliphatic heterocycles. The van der Waals surface area contributed by atoms with Gasteiger partial charge in [0.15, 0.2) is 0 Å². The molecule has 17 heavy (non-hydrogen) atoms. The lowest BCUT2D eigenvalue weighted by Crippen LogP contribution is -2.52. The van der Waals surface area contributed by atoms with Crippen LogP contribution >= 0.6 is 0 Å². The van der Waals surface area contributed by atoms with Crippen molar-refractivity contribution in [2.24, 2.45) is 11.7 Å². The Morgan fingerprint density at radius 1 is 1.35 bits per heavy atom. The van der Waals surface area contributed by atoms with Gasteiger partial charge in [-0.3, -0.25) is 0 Å². The molecule has 1 fully saturated rings. The standard InChI is InChI=1S/C11H25N3O2S/c1-11(2,14-17(3,15)16)8-13-10-6-4-5-9(10)7-12/h9-10,13-14H,4-8,12H2,1-3H3. The fraction of sp³-hybridized carbons (Fsp3) is 1.00. The Labute approximate surface area is 105 Å². The molecule has 0 spiro atoms. The molecule has 0 aromatic rings. The normalized spacial score (nSPS) is 26.4. The lowest BCUT2D eigenvalue weighted by atomic mass is 10.0. The first-order valence-corrected chi connectivity index (χ1v) is 8.05. The fourth-order valence-corrected chi connectivity index (χ4v) is 3.59. The number of nitrogens with one attached hydrogen (secondary N) is 2. The minimum atomic E-state index is -3.16. The largest absolute Gasteiger partial charge is 0.330 e. The van der Waals surface area contributed by atoms with E-state index in [-0.39, 0.29) is 0 Å². The highest BCUT2D eigenvalue weighted by molar-refractivity contribution is 7.88. The molecular formula is C11H25N3O2S. The van der Waals surface area contributed by atoms with Crippen LogP contribution in [0.4, 0.5) is 0 Å². The van der Waals surface area contributed by atoms with Gasteiger partial charge in [0.2, 0.25) is 10.0 Å². The van der Waals surface area contributed by atoms with E-state index < -0.39 is 15.6 Å². The molecule has 2 atom stereocenters. The zero-order valence-electron chi connectivity index (χ0n) is 11.0. The Morgan fingerprint density at radius 2 is 2.00 bits per heavy atom. The van der Waals surface area contributed by atoms with Gasteiger partial charge in [-0.25, -0.2) is 13.1 Å². The van der Waals surface area contributed by atoms with Crippen LogP contribution < -0.4 is 15.8 Å². The van der Waals surface area contributed by atoms with Crippen LogP contribution in [0.3, 0.4) is 0 Å². The summed E-state index contributed by atoms with van der Waals surface area (Å²) < 4.78 is 25.0. The number of nitrogens with two attached hydrogens (primary N) is 1. The summed E-state index contributed by atoms with van der Waals surface area (Å²) in [5, 5.41) is 3.44. The van der Waals surface area contributed by atoms with E-state index in [1.54, 1.807) is 0 Å². The smallest absolute Gasteiger partial charge is 0.209 e. The average Bonchev–Trinajstić information content (AvgIpc) is 2.58. The molecule has 5 nitrogen and oxygen atoms in total. The number of hydrogen-bond donors (Lipinski definition) is 3. The van der Waals surface area contributed by atoms with E-state index in [1.807, 2.05) is 13.8 Å². The van der Waals surface area contributed by atoms with Crippen molar-refractivity contribution in [3.63, 3.8) is 0 Å². The third-order valence-corrected chi connectivity index (χ3v) is 4.15. The Kier molecular flexibility index (Phi) is 4.95. The first-order valence-electron chi connectivity index (χ1n) is 6.16. The van der Waals surface area contributed by atoms with E-state index >= 15 is 0 Å². The quantitative estimate of drug-likeness (QED) is 0.631. The van der Waals surface area contributed by atoms with Crippen molar-refractivity contribution in [3.05, 3.63) is 0 Å². The second-order valence-electron chi connectivity index (χ2n) is 5.67. The summed E-state index contributed by atoms with van der Waals surface area (Å²) in [7, 11) is -3.16. The number of sulfonamides is 1. The van der Waals surface area contributed by atoms with Crippen molar-refractivity contribution in [2.45, 2.75) is 44.7 Å². The summed E-state index contributed by atoms with van der Waals surface area (Å²) in [6.07, 6.45) is 4.71. The summed E-state index contributed by atoms with van der Waals surface area (Å²) in [4.78, 5) is 0. The molecule has 0 saturated heterocycles. The Bertz CT molecular complexity index is 341. The van der Waals surface area contributed by atoms with Crippen molar-refractivity contribution >= 4 is 10.0 Å². The lowest BCUT2D eigenvalue weighted by molar-refractivity contribution is 0.347. The lowest BCUT2D eigenvalue weighted by Gasteiger charge is -2.29. The average molecular weight is 263 g/mol. The van der Waals surface area contributed by atoms with Gasteiger partial charge in [-0.2, -0.15) is 0 Å². The first kappa shape index (κ1) is 14.9. The van der Waals surface area contributed by atoms with E-state index in [0.717, 1.165) is 6.42 Å². The van der Waals surface area contributed by atoms with Crippen molar-refractivity contribution in [3.8, 4) is 0 Å². The molecule has 0 amide bonds. The van der Waals surface area contributed by atoms with Gasteiger partial charge in [-0.05, 0) is 39.2 Å². The molecule has 0 aromatic heterocycles. The predicted octanol–water partition coefficient (Wildman–Crippen LogP) is 0.0312. The van der Waals surface area contributed by atoms with Crippen LogP contribution in [0, 0.1) is 5.92 Å². The van der Waals surface area contributed by atoms with Crippen molar-refractivity contribution in [1.82, 2.24) is 10.0 Å². The van der Waals surface area contributed by atoms with Crippen LogP contribution in [-0.4, -0.2) is 39.3 Å². The number of hydrogen-bond acceptors (Lipinski definition) is 4. The van der Waals surface area contributed by atoms with Gasteiger partial charge in [0.25, 0.3) is 0 Å². The van der Waals surface area contributed by atoms with Gasteiger partial charge < -0.3 is 11.1 Å². The maximum atomic E-state index is 11.2. The SMILES string of the molecule is CC(C)(CNC1CCCC1CN)NS(C)(=O)=O. The van der Waals surface area contributed by atoms with Gasteiger partial charge in [0.05, 0.1) is 6.26 Å². The number of rotatable bonds is 6. The zero-order chi connectivity index (χ0) is 13.1. The van der Waals surface area contributed by atoms with Crippen LogP contribution in [0.1, 0.15) is 33.1 Å². The highest BCUT2D eigenvalue weighted by Crippen LogP contribution is 2.24. The van der Waals surface area contributed by atoms with E-state index in [2.05, 4.69) is 10.0 Å². The van der Waals surface area contributed by atoms with Crippen molar-refractivity contribution in [1.29, 1.82) is 0 Å². The predicted molar refractivity (Wildman–Crippen MR) is 70.2 cm³/mol. The summed E-state index contributed by atoms with van der Waals surface area (Å²) in [6.45, 7) is 5.10. The van der Waals surface area contributed by atoms with Crippen molar-refractivity contribution < 1.29 is 8.42 Å². The molecule has 1 saturated carbocycles. The minimum absolute atomic E-state index is 0.431. The molecule has 2 unspecified atom stereocenters. The fourth-order valence-electron chi connectivity index (χ4n) is 2.51. The molecule has 4 N–H and O–H groups in total. The molecular weight excluding hydrogens is 238 g/mol. The highest BCUT2D eigenvalue weighted by Gasteiger charge is 2.28. The highest BCUT2D eigenvalue weighted by atomic mass is 32.2. The van der Waals surface area contributed by atoms with Crippen LogP contribution in [0.5, 0.6) is 0 Å². The van der Waals surface area contributed by atoms with E-state index in [9.17, 15) is 8.42 Å². The summed E-state index contributed by atoms with van der Waals surface area (Å²) in [6, 6.07) is 0.431. The van der Waals surface area contributed by atoms with Crippen LogP contribution in [0.15, 0.2) is 0 Å². The summed E-state index contributed by atoms with van der Waals surface area (Å²) in [5.74, 6) is 0.532. The van der Waals surface area contributed by atoms with Gasteiger partial charge in [0, 0.05) is 18.1 Å². The topological polar surface area (TPSA) is 84.2 Å². The van der Waals surface area contributed by atoms with Crippen LogP contribution in [0.25, 0.3) is 0 Å². The first-order chi connectivity index (χ1) is 7.73. The van der Waals surface area contributed by atoms with Gasteiger partial charge in [0.1, 0.15) is 0 Å².